The maximum atomic E-state index is 5.65. The third-order valence-corrected chi connectivity index (χ3v) is 5.88. The highest BCUT2D eigenvalue weighted by molar-refractivity contribution is 5.50. The molecule has 0 radical (unpaired) electrons. The number of hydrogen-bond donors (Lipinski definition) is 0. The predicted octanol–water partition coefficient (Wildman–Crippen LogP) is 5.02. The molecule has 4 rings (SSSR count). The molecule has 0 atom stereocenters. The number of fused-ring (bicyclic) bond motifs is 1. The lowest BCUT2D eigenvalue weighted by Crippen LogP contribution is -2.01. The van der Waals surface area contributed by atoms with Crippen LogP contribution >= 0.6 is 0 Å². The highest BCUT2D eigenvalue weighted by Gasteiger charge is 2.18. The smallest absolute Gasteiger partial charge is 0.231 e. The van der Waals surface area contributed by atoms with Gasteiger partial charge < -0.3 is 28.4 Å². The zero-order valence-electron chi connectivity index (χ0n) is 19.6. The van der Waals surface area contributed by atoms with Crippen molar-refractivity contribution < 1.29 is 28.4 Å². The largest absolute Gasteiger partial charge is 0.497 e. The normalized spacial score (nSPS) is 11.9. The van der Waals surface area contributed by atoms with Crippen molar-refractivity contribution in [2.75, 3.05) is 35.2 Å². The van der Waals surface area contributed by atoms with Crippen molar-refractivity contribution >= 4 is 0 Å². The van der Waals surface area contributed by atoms with E-state index in [0.717, 1.165) is 71.3 Å². The van der Waals surface area contributed by atoms with Crippen molar-refractivity contribution in [2.24, 2.45) is 0 Å². The Hall–Kier alpha value is -3.54. The Balaban J connectivity index is 1.55. The summed E-state index contributed by atoms with van der Waals surface area (Å²) in [5, 5.41) is 0. The van der Waals surface area contributed by atoms with Crippen LogP contribution in [0.5, 0.6) is 34.5 Å². The lowest BCUT2D eigenvalue weighted by Gasteiger charge is -2.14. The summed E-state index contributed by atoms with van der Waals surface area (Å²) in [5.74, 6) is 4.79. The fraction of sp³-hybridized carbons (Fsp3) is 0.333. The molecule has 174 valence electrons. The molecule has 1 heterocycles. The van der Waals surface area contributed by atoms with Gasteiger partial charge in [0.2, 0.25) is 6.79 Å². The number of aryl methyl sites for hydroxylation is 4. The van der Waals surface area contributed by atoms with E-state index >= 15 is 0 Å². The van der Waals surface area contributed by atoms with E-state index in [2.05, 4.69) is 36.4 Å². The molecule has 0 amide bonds. The van der Waals surface area contributed by atoms with E-state index in [1.807, 2.05) is 12.1 Å². The summed E-state index contributed by atoms with van der Waals surface area (Å²) in [6, 6.07) is 16.2. The minimum atomic E-state index is 0.262. The highest BCUT2D eigenvalue weighted by Crippen LogP contribution is 2.36. The van der Waals surface area contributed by atoms with Crippen LogP contribution in [-0.4, -0.2) is 35.2 Å². The second-order valence-electron chi connectivity index (χ2n) is 7.92. The monoisotopic (exact) mass is 450 g/mol. The molecule has 3 aromatic rings. The zero-order valence-corrected chi connectivity index (χ0v) is 19.6. The van der Waals surface area contributed by atoms with Gasteiger partial charge in [0, 0.05) is 12.1 Å². The Bertz CT molecular complexity index is 977. The first kappa shape index (κ1) is 22.6. The maximum absolute atomic E-state index is 5.65. The summed E-state index contributed by atoms with van der Waals surface area (Å²) in [7, 11) is 6.67. The van der Waals surface area contributed by atoms with E-state index in [4.69, 9.17) is 28.4 Å². The third kappa shape index (κ3) is 5.45. The van der Waals surface area contributed by atoms with E-state index in [-0.39, 0.29) is 6.79 Å². The van der Waals surface area contributed by atoms with E-state index in [0.29, 0.717) is 0 Å². The summed E-state index contributed by atoms with van der Waals surface area (Å²) in [4.78, 5) is 0. The lowest BCUT2D eigenvalue weighted by molar-refractivity contribution is 0.174. The molecule has 0 aliphatic carbocycles. The molecule has 1 aliphatic heterocycles. The number of hydrogen-bond acceptors (Lipinski definition) is 6. The quantitative estimate of drug-likeness (QED) is 0.432. The summed E-state index contributed by atoms with van der Waals surface area (Å²) < 4.78 is 33.0. The van der Waals surface area contributed by atoms with Gasteiger partial charge >= 0.3 is 0 Å². The Morgan fingerprint density at radius 2 is 0.879 bits per heavy atom. The molecule has 0 unspecified atom stereocenters. The number of rotatable bonds is 10. The summed E-state index contributed by atoms with van der Waals surface area (Å²) in [5.41, 5.74) is 4.81. The van der Waals surface area contributed by atoms with Crippen molar-refractivity contribution in [1.82, 2.24) is 0 Å². The Morgan fingerprint density at radius 1 is 0.515 bits per heavy atom. The van der Waals surface area contributed by atoms with Crippen LogP contribution in [0.2, 0.25) is 0 Å². The van der Waals surface area contributed by atoms with Gasteiger partial charge in [0.25, 0.3) is 0 Å². The van der Waals surface area contributed by atoms with Gasteiger partial charge in [0.15, 0.2) is 11.5 Å². The molecule has 0 saturated carbocycles. The van der Waals surface area contributed by atoms with E-state index in [1.54, 1.807) is 28.4 Å². The lowest BCUT2D eigenvalue weighted by atomic mass is 9.94. The van der Waals surface area contributed by atoms with Crippen molar-refractivity contribution in [1.29, 1.82) is 0 Å². The number of ether oxygens (including phenoxy) is 6. The molecule has 0 bridgehead atoms. The third-order valence-electron chi connectivity index (χ3n) is 5.88. The van der Waals surface area contributed by atoms with Crippen LogP contribution in [-0.2, 0) is 25.7 Å². The molecule has 0 aromatic heterocycles. The molecule has 1 aliphatic rings. The molecule has 0 spiro atoms. The van der Waals surface area contributed by atoms with Crippen LogP contribution < -0.4 is 28.4 Å². The van der Waals surface area contributed by atoms with Crippen LogP contribution in [0.25, 0.3) is 0 Å². The topological polar surface area (TPSA) is 55.4 Å². The summed E-state index contributed by atoms with van der Waals surface area (Å²) in [6.07, 6.45) is 3.44. The van der Waals surface area contributed by atoms with Gasteiger partial charge in [0.05, 0.1) is 28.4 Å². The van der Waals surface area contributed by atoms with Crippen LogP contribution in [0.1, 0.15) is 22.3 Å². The van der Waals surface area contributed by atoms with Crippen LogP contribution in [0.4, 0.5) is 0 Å². The van der Waals surface area contributed by atoms with E-state index in [1.165, 1.54) is 11.1 Å². The van der Waals surface area contributed by atoms with Crippen LogP contribution in [0.3, 0.4) is 0 Å². The molecule has 0 fully saturated rings. The van der Waals surface area contributed by atoms with E-state index in [9.17, 15) is 0 Å². The molecule has 6 heteroatoms. The SMILES string of the molecule is COc1cc(CCc2cc3c(cc2CCc2cc(OC)cc(OC)c2)OCO3)cc(OC)c1. The highest BCUT2D eigenvalue weighted by atomic mass is 16.7. The van der Waals surface area contributed by atoms with Gasteiger partial charge in [-0.25, -0.2) is 0 Å². The first-order valence-corrected chi connectivity index (χ1v) is 11.0. The summed E-state index contributed by atoms with van der Waals surface area (Å²) >= 11 is 0. The van der Waals surface area contributed by atoms with Gasteiger partial charge in [-0.15, -0.1) is 0 Å². The van der Waals surface area contributed by atoms with Crippen molar-refractivity contribution in [2.45, 2.75) is 25.7 Å². The average molecular weight is 451 g/mol. The van der Waals surface area contributed by atoms with Gasteiger partial charge in [-0.2, -0.15) is 0 Å². The molecule has 0 saturated heterocycles. The minimum absolute atomic E-state index is 0.262. The van der Waals surface area contributed by atoms with Crippen molar-refractivity contribution in [3.8, 4) is 34.5 Å². The molecular formula is C27H30O6. The summed E-state index contributed by atoms with van der Waals surface area (Å²) in [6.45, 7) is 0.262. The average Bonchev–Trinajstić information content (AvgIpc) is 3.32. The molecule has 3 aromatic carbocycles. The second kappa shape index (κ2) is 10.4. The molecule has 6 nitrogen and oxygen atoms in total. The molecule has 33 heavy (non-hydrogen) atoms. The van der Waals surface area contributed by atoms with Gasteiger partial charge in [-0.05, 0) is 84.3 Å². The Morgan fingerprint density at radius 3 is 1.21 bits per heavy atom. The zero-order chi connectivity index (χ0) is 23.2. The van der Waals surface area contributed by atoms with Crippen LogP contribution in [0.15, 0.2) is 48.5 Å². The van der Waals surface area contributed by atoms with Crippen LogP contribution in [0, 0.1) is 0 Å². The predicted molar refractivity (Wildman–Crippen MR) is 126 cm³/mol. The fourth-order valence-corrected chi connectivity index (χ4v) is 4.07. The first-order valence-electron chi connectivity index (χ1n) is 11.0. The van der Waals surface area contributed by atoms with Gasteiger partial charge in [-0.3, -0.25) is 0 Å². The second-order valence-corrected chi connectivity index (χ2v) is 7.92. The number of benzene rings is 3. The first-order chi connectivity index (χ1) is 16.1. The molecule has 0 N–H and O–H groups in total. The van der Waals surface area contributed by atoms with Gasteiger partial charge in [0.1, 0.15) is 23.0 Å². The maximum Gasteiger partial charge on any atom is 0.231 e. The Labute approximate surface area is 195 Å². The van der Waals surface area contributed by atoms with E-state index < -0.39 is 0 Å². The van der Waals surface area contributed by atoms with Gasteiger partial charge in [-0.1, -0.05) is 0 Å². The molecular weight excluding hydrogens is 420 g/mol. The standard InChI is InChI=1S/C27H30O6/c1-28-22-9-18(10-23(15-22)29-2)5-7-20-13-26-27(33-17-32-26)14-21(20)8-6-19-11-24(30-3)16-25(12-19)31-4/h9-16H,5-8,17H2,1-4H3. The Kier molecular flexibility index (Phi) is 7.13. The number of methoxy groups -OCH3 is 4. The fourth-order valence-electron chi connectivity index (χ4n) is 4.07. The van der Waals surface area contributed by atoms with Crippen molar-refractivity contribution in [3.05, 3.63) is 70.8 Å². The van der Waals surface area contributed by atoms with Crippen molar-refractivity contribution in [3.63, 3.8) is 0 Å². The minimum Gasteiger partial charge on any atom is -0.497 e.